The standard InChI is InChI=1S/C16H11BrOS/c17-14-7-3-1-6-13(14)15(18)9-11-10-19-16-8-4-2-5-12(11)16/h1-8,10H,9H2. The quantitative estimate of drug-likeness (QED) is 0.611. The van der Waals surface area contributed by atoms with Gasteiger partial charge >= 0.3 is 0 Å². The van der Waals surface area contributed by atoms with E-state index < -0.39 is 0 Å². The van der Waals surface area contributed by atoms with Crippen molar-refractivity contribution < 1.29 is 4.79 Å². The van der Waals surface area contributed by atoms with Gasteiger partial charge in [0.15, 0.2) is 5.78 Å². The first-order valence-corrected chi connectivity index (χ1v) is 7.66. The van der Waals surface area contributed by atoms with E-state index in [1.807, 2.05) is 36.4 Å². The minimum atomic E-state index is 0.149. The summed E-state index contributed by atoms with van der Waals surface area (Å²) in [4.78, 5) is 12.4. The summed E-state index contributed by atoms with van der Waals surface area (Å²) in [5, 5.41) is 3.27. The van der Waals surface area contributed by atoms with Crippen LogP contribution in [-0.2, 0) is 6.42 Å². The first-order valence-electron chi connectivity index (χ1n) is 5.98. The van der Waals surface area contributed by atoms with Crippen molar-refractivity contribution >= 4 is 43.1 Å². The predicted octanol–water partition coefficient (Wildman–Crippen LogP) is 5.09. The Balaban J connectivity index is 1.94. The van der Waals surface area contributed by atoms with E-state index in [1.54, 1.807) is 11.3 Å². The van der Waals surface area contributed by atoms with Gasteiger partial charge in [0, 0.05) is 21.2 Å². The van der Waals surface area contributed by atoms with Crippen LogP contribution in [0.5, 0.6) is 0 Å². The lowest BCUT2D eigenvalue weighted by Crippen LogP contribution is -2.03. The summed E-state index contributed by atoms with van der Waals surface area (Å²) >= 11 is 5.12. The second-order valence-corrected chi connectivity index (χ2v) is 6.10. The average Bonchev–Trinajstić information content (AvgIpc) is 2.83. The van der Waals surface area contributed by atoms with Gasteiger partial charge in [-0.1, -0.05) is 52.3 Å². The second kappa shape index (κ2) is 5.27. The minimum Gasteiger partial charge on any atom is -0.294 e. The molecule has 0 fully saturated rings. The highest BCUT2D eigenvalue weighted by Crippen LogP contribution is 2.27. The van der Waals surface area contributed by atoms with Crippen molar-refractivity contribution in [3.8, 4) is 0 Å². The third kappa shape index (κ3) is 2.48. The van der Waals surface area contributed by atoms with E-state index in [0.29, 0.717) is 6.42 Å². The molecule has 1 aromatic heterocycles. The van der Waals surface area contributed by atoms with Crippen LogP contribution in [0.15, 0.2) is 58.4 Å². The molecule has 0 saturated heterocycles. The number of halogens is 1. The molecule has 2 aromatic carbocycles. The van der Waals surface area contributed by atoms with E-state index >= 15 is 0 Å². The Bertz CT molecular complexity index is 745. The fourth-order valence-electron chi connectivity index (χ4n) is 2.13. The summed E-state index contributed by atoms with van der Waals surface area (Å²) in [6.07, 6.45) is 0.451. The highest BCUT2D eigenvalue weighted by Gasteiger charge is 2.12. The number of carbonyl (C=O) groups excluding carboxylic acids is 1. The van der Waals surface area contributed by atoms with Crippen LogP contribution in [0, 0.1) is 0 Å². The van der Waals surface area contributed by atoms with Gasteiger partial charge in [-0.15, -0.1) is 11.3 Å². The lowest BCUT2D eigenvalue weighted by molar-refractivity contribution is 0.0992. The van der Waals surface area contributed by atoms with Gasteiger partial charge in [0.25, 0.3) is 0 Å². The maximum absolute atomic E-state index is 12.4. The van der Waals surface area contributed by atoms with E-state index in [1.165, 1.54) is 10.1 Å². The van der Waals surface area contributed by atoms with Crippen molar-refractivity contribution in [2.24, 2.45) is 0 Å². The van der Waals surface area contributed by atoms with Crippen LogP contribution in [0.3, 0.4) is 0 Å². The van der Waals surface area contributed by atoms with Crippen molar-refractivity contribution in [1.82, 2.24) is 0 Å². The Morgan fingerprint density at radius 3 is 2.63 bits per heavy atom. The average molecular weight is 331 g/mol. The molecule has 0 N–H and O–H groups in total. The molecule has 0 unspecified atom stereocenters. The number of carbonyl (C=O) groups is 1. The molecule has 0 aliphatic carbocycles. The molecule has 0 aliphatic rings. The fraction of sp³-hybridized carbons (Fsp3) is 0.0625. The third-order valence-electron chi connectivity index (χ3n) is 3.09. The van der Waals surface area contributed by atoms with E-state index in [9.17, 15) is 4.79 Å². The van der Waals surface area contributed by atoms with Gasteiger partial charge in [-0.05, 0) is 28.5 Å². The number of fused-ring (bicyclic) bond motifs is 1. The molecule has 3 rings (SSSR count). The van der Waals surface area contributed by atoms with Gasteiger partial charge < -0.3 is 0 Å². The molecule has 0 atom stereocenters. The summed E-state index contributed by atoms with van der Waals surface area (Å²) in [6, 6.07) is 15.8. The fourth-order valence-corrected chi connectivity index (χ4v) is 3.59. The number of hydrogen-bond donors (Lipinski definition) is 0. The van der Waals surface area contributed by atoms with Crippen LogP contribution in [0.4, 0.5) is 0 Å². The summed E-state index contributed by atoms with van der Waals surface area (Å²) in [5.41, 5.74) is 1.86. The normalized spacial score (nSPS) is 10.8. The van der Waals surface area contributed by atoms with Crippen LogP contribution in [-0.4, -0.2) is 5.78 Å². The predicted molar refractivity (Wildman–Crippen MR) is 84.0 cm³/mol. The van der Waals surface area contributed by atoms with Crippen molar-refractivity contribution in [3.05, 3.63) is 69.5 Å². The van der Waals surface area contributed by atoms with E-state index in [-0.39, 0.29) is 5.78 Å². The van der Waals surface area contributed by atoms with E-state index in [0.717, 1.165) is 15.6 Å². The van der Waals surface area contributed by atoms with Crippen LogP contribution in [0.1, 0.15) is 15.9 Å². The Labute approximate surface area is 124 Å². The number of rotatable bonds is 3. The molecule has 0 bridgehead atoms. The molecule has 0 saturated carbocycles. The van der Waals surface area contributed by atoms with E-state index in [4.69, 9.17) is 0 Å². The first kappa shape index (κ1) is 12.6. The number of hydrogen-bond acceptors (Lipinski definition) is 2. The smallest absolute Gasteiger partial charge is 0.168 e. The molecule has 0 spiro atoms. The molecule has 0 radical (unpaired) electrons. The molecule has 3 aromatic rings. The number of benzene rings is 2. The van der Waals surface area contributed by atoms with E-state index in [2.05, 4.69) is 33.4 Å². The molecule has 1 nitrogen and oxygen atoms in total. The van der Waals surface area contributed by atoms with Gasteiger partial charge in [0.1, 0.15) is 0 Å². The van der Waals surface area contributed by atoms with Gasteiger partial charge in [-0.2, -0.15) is 0 Å². The largest absolute Gasteiger partial charge is 0.294 e. The lowest BCUT2D eigenvalue weighted by Gasteiger charge is -2.03. The first-order chi connectivity index (χ1) is 9.25. The highest BCUT2D eigenvalue weighted by atomic mass is 79.9. The third-order valence-corrected chi connectivity index (χ3v) is 4.79. The molecule has 1 heterocycles. The summed E-state index contributed by atoms with van der Waals surface area (Å²) < 4.78 is 2.09. The SMILES string of the molecule is O=C(Cc1csc2ccccc12)c1ccccc1Br. The maximum Gasteiger partial charge on any atom is 0.168 e. The van der Waals surface area contributed by atoms with Gasteiger partial charge in [-0.25, -0.2) is 0 Å². The zero-order valence-electron chi connectivity index (χ0n) is 10.1. The van der Waals surface area contributed by atoms with Crippen molar-refractivity contribution in [2.75, 3.05) is 0 Å². The molecule has 0 aliphatic heterocycles. The number of ketones is 1. The highest BCUT2D eigenvalue weighted by molar-refractivity contribution is 9.10. The monoisotopic (exact) mass is 330 g/mol. The summed E-state index contributed by atoms with van der Waals surface area (Å²) in [5.74, 6) is 0.149. The van der Waals surface area contributed by atoms with Gasteiger partial charge in [0.2, 0.25) is 0 Å². The molecule has 3 heteroatoms. The lowest BCUT2D eigenvalue weighted by atomic mass is 10.0. The topological polar surface area (TPSA) is 17.1 Å². The van der Waals surface area contributed by atoms with Crippen molar-refractivity contribution in [3.63, 3.8) is 0 Å². The minimum absolute atomic E-state index is 0.149. The second-order valence-electron chi connectivity index (χ2n) is 4.34. The Morgan fingerprint density at radius 1 is 1.05 bits per heavy atom. The Kier molecular flexibility index (Phi) is 3.49. The molecule has 94 valence electrons. The van der Waals surface area contributed by atoms with Crippen molar-refractivity contribution in [1.29, 1.82) is 0 Å². The van der Waals surface area contributed by atoms with Crippen LogP contribution >= 0.6 is 27.3 Å². The Hall–Kier alpha value is -1.45. The molecule has 0 amide bonds. The maximum atomic E-state index is 12.4. The summed E-state index contributed by atoms with van der Waals surface area (Å²) in [6.45, 7) is 0. The molecule has 19 heavy (non-hydrogen) atoms. The summed E-state index contributed by atoms with van der Waals surface area (Å²) in [7, 11) is 0. The molecular formula is C16H11BrOS. The van der Waals surface area contributed by atoms with Crippen LogP contribution in [0.2, 0.25) is 0 Å². The van der Waals surface area contributed by atoms with Crippen molar-refractivity contribution in [2.45, 2.75) is 6.42 Å². The zero-order chi connectivity index (χ0) is 13.2. The zero-order valence-corrected chi connectivity index (χ0v) is 12.5. The number of thiophene rings is 1. The Morgan fingerprint density at radius 2 is 1.79 bits per heavy atom. The van der Waals surface area contributed by atoms with Gasteiger partial charge in [-0.3, -0.25) is 4.79 Å². The number of Topliss-reactive ketones (excluding diaryl/α,β-unsaturated/α-hetero) is 1. The van der Waals surface area contributed by atoms with Crippen LogP contribution in [0.25, 0.3) is 10.1 Å². The van der Waals surface area contributed by atoms with Crippen LogP contribution < -0.4 is 0 Å². The molecular weight excluding hydrogens is 320 g/mol. The van der Waals surface area contributed by atoms with Gasteiger partial charge in [0.05, 0.1) is 0 Å².